The van der Waals surface area contributed by atoms with Crippen molar-refractivity contribution < 1.29 is 0 Å². The van der Waals surface area contributed by atoms with Crippen molar-refractivity contribution in [2.24, 2.45) is 5.92 Å². The first kappa shape index (κ1) is 13.4. The second-order valence-corrected chi connectivity index (χ2v) is 5.63. The number of hydrogen-bond acceptors (Lipinski definition) is 3. The van der Waals surface area contributed by atoms with Crippen LogP contribution >= 0.6 is 0 Å². The number of piperidine rings is 1. The summed E-state index contributed by atoms with van der Waals surface area (Å²) in [5, 5.41) is 6.36. The van der Waals surface area contributed by atoms with E-state index in [2.05, 4.69) is 22.3 Å². The number of nitrogens with one attached hydrogen (secondary N) is 2. The molecule has 2 aromatic heterocycles. The van der Waals surface area contributed by atoms with Gasteiger partial charge in [-0.15, -0.1) is 0 Å². The average Bonchev–Trinajstić information content (AvgIpc) is 2.90. The summed E-state index contributed by atoms with van der Waals surface area (Å²) >= 11 is 0. The normalized spacial score (nSPS) is 16.9. The Balaban J connectivity index is 1.79. The van der Waals surface area contributed by atoms with Crippen LogP contribution in [0.2, 0.25) is 0 Å². The Labute approximate surface area is 118 Å². The number of aromatic nitrogens is 3. The molecule has 1 aliphatic rings. The molecule has 1 aliphatic heterocycles. The molecule has 1 fully saturated rings. The molecule has 0 atom stereocenters. The maximum absolute atomic E-state index is 12.1. The van der Waals surface area contributed by atoms with Crippen molar-refractivity contribution in [3.05, 3.63) is 33.9 Å². The summed E-state index contributed by atoms with van der Waals surface area (Å²) in [6.07, 6.45) is 7.29. The van der Waals surface area contributed by atoms with Gasteiger partial charge in [-0.2, -0.15) is 0 Å². The molecule has 2 aromatic rings. The van der Waals surface area contributed by atoms with Crippen LogP contribution in [0, 0.1) is 5.92 Å². The molecule has 0 aliphatic carbocycles. The Bertz CT molecular complexity index is 637. The van der Waals surface area contributed by atoms with Crippen LogP contribution in [0.1, 0.15) is 37.4 Å². The smallest absolute Gasteiger partial charge is 0.272 e. The average molecular weight is 274 g/mol. The Morgan fingerprint density at radius 2 is 2.20 bits per heavy atom. The van der Waals surface area contributed by atoms with Crippen molar-refractivity contribution >= 4 is 5.65 Å². The quantitative estimate of drug-likeness (QED) is 0.888. The van der Waals surface area contributed by atoms with E-state index in [1.54, 1.807) is 6.07 Å². The van der Waals surface area contributed by atoms with Crippen molar-refractivity contribution in [1.82, 2.24) is 19.9 Å². The van der Waals surface area contributed by atoms with Crippen LogP contribution in [0.3, 0.4) is 0 Å². The van der Waals surface area contributed by atoms with Gasteiger partial charge in [-0.25, -0.2) is 9.50 Å². The first-order chi connectivity index (χ1) is 9.78. The van der Waals surface area contributed by atoms with Gasteiger partial charge >= 0.3 is 0 Å². The van der Waals surface area contributed by atoms with E-state index < -0.39 is 0 Å². The molecule has 0 amide bonds. The highest BCUT2D eigenvalue weighted by Crippen LogP contribution is 2.18. The SMILES string of the molecule is CCc1c[nH]n2c(=O)cc(CCC3CCNCC3)nc12. The molecule has 108 valence electrons. The zero-order valence-electron chi connectivity index (χ0n) is 12.0. The molecule has 0 unspecified atom stereocenters. The molecule has 2 N–H and O–H groups in total. The lowest BCUT2D eigenvalue weighted by Gasteiger charge is -2.22. The van der Waals surface area contributed by atoms with E-state index in [0.717, 1.165) is 55.2 Å². The molecule has 0 bridgehead atoms. The first-order valence-corrected chi connectivity index (χ1v) is 7.57. The molecule has 0 radical (unpaired) electrons. The van der Waals surface area contributed by atoms with E-state index in [4.69, 9.17) is 0 Å². The van der Waals surface area contributed by atoms with Gasteiger partial charge in [0.2, 0.25) is 0 Å². The second kappa shape index (κ2) is 5.79. The molecule has 5 nitrogen and oxygen atoms in total. The Hall–Kier alpha value is -1.62. The molecule has 0 spiro atoms. The zero-order valence-corrected chi connectivity index (χ0v) is 12.0. The summed E-state index contributed by atoms with van der Waals surface area (Å²) in [7, 11) is 0. The van der Waals surface area contributed by atoms with Crippen molar-refractivity contribution in [1.29, 1.82) is 0 Å². The lowest BCUT2D eigenvalue weighted by atomic mass is 9.92. The van der Waals surface area contributed by atoms with Gasteiger partial charge in [0.15, 0.2) is 5.65 Å². The highest BCUT2D eigenvalue weighted by Gasteiger charge is 2.14. The van der Waals surface area contributed by atoms with E-state index in [0.29, 0.717) is 0 Å². The largest absolute Gasteiger partial charge is 0.317 e. The van der Waals surface area contributed by atoms with Crippen LogP contribution in [0.25, 0.3) is 5.65 Å². The Morgan fingerprint density at radius 3 is 2.95 bits per heavy atom. The van der Waals surface area contributed by atoms with Crippen molar-refractivity contribution in [2.75, 3.05) is 13.1 Å². The topological polar surface area (TPSA) is 62.2 Å². The minimum Gasteiger partial charge on any atom is -0.317 e. The monoisotopic (exact) mass is 274 g/mol. The van der Waals surface area contributed by atoms with Crippen LogP contribution in [0.5, 0.6) is 0 Å². The predicted molar refractivity (Wildman–Crippen MR) is 79.1 cm³/mol. The van der Waals surface area contributed by atoms with Crippen LogP contribution in [0.4, 0.5) is 0 Å². The van der Waals surface area contributed by atoms with Gasteiger partial charge in [0.25, 0.3) is 5.56 Å². The maximum atomic E-state index is 12.1. The number of aromatic amines is 1. The maximum Gasteiger partial charge on any atom is 0.272 e. The third-order valence-electron chi connectivity index (χ3n) is 4.28. The number of H-pyrrole nitrogens is 1. The summed E-state index contributed by atoms with van der Waals surface area (Å²) in [4.78, 5) is 16.7. The van der Waals surface area contributed by atoms with Crippen molar-refractivity contribution in [3.63, 3.8) is 0 Å². The summed E-state index contributed by atoms with van der Waals surface area (Å²) in [6.45, 7) is 4.33. The lowest BCUT2D eigenvalue weighted by Crippen LogP contribution is -2.28. The molecular weight excluding hydrogens is 252 g/mol. The first-order valence-electron chi connectivity index (χ1n) is 7.57. The predicted octanol–water partition coefficient (Wildman–Crippen LogP) is 1.52. The lowest BCUT2D eigenvalue weighted by molar-refractivity contribution is 0.353. The summed E-state index contributed by atoms with van der Waals surface area (Å²) in [5.41, 5.74) is 2.82. The zero-order chi connectivity index (χ0) is 13.9. The van der Waals surface area contributed by atoms with Gasteiger partial charge in [0, 0.05) is 23.5 Å². The standard InChI is InChI=1S/C15H22N4O/c1-2-12-10-17-19-14(20)9-13(18-15(12)19)4-3-11-5-7-16-8-6-11/h9-11,16-17H,2-8H2,1H3. The third kappa shape index (κ3) is 2.63. The number of nitrogens with zero attached hydrogens (tertiary/aromatic N) is 2. The van der Waals surface area contributed by atoms with Crippen molar-refractivity contribution in [3.8, 4) is 0 Å². The number of fused-ring (bicyclic) bond motifs is 1. The summed E-state index contributed by atoms with van der Waals surface area (Å²) in [6, 6.07) is 1.67. The van der Waals surface area contributed by atoms with Crippen LogP contribution < -0.4 is 10.9 Å². The Kier molecular flexibility index (Phi) is 3.87. The second-order valence-electron chi connectivity index (χ2n) is 5.63. The fourth-order valence-electron chi connectivity index (χ4n) is 2.99. The molecule has 3 heterocycles. The molecule has 3 rings (SSSR count). The van der Waals surface area contributed by atoms with Gasteiger partial charge in [0.05, 0.1) is 0 Å². The minimum absolute atomic E-state index is 0.00462. The van der Waals surface area contributed by atoms with Gasteiger partial charge in [-0.1, -0.05) is 6.92 Å². The number of hydrogen-bond donors (Lipinski definition) is 2. The summed E-state index contributed by atoms with van der Waals surface area (Å²) < 4.78 is 1.53. The molecule has 5 heteroatoms. The van der Waals surface area contributed by atoms with Crippen LogP contribution in [-0.2, 0) is 12.8 Å². The van der Waals surface area contributed by atoms with E-state index in [9.17, 15) is 4.79 Å². The highest BCUT2D eigenvalue weighted by atomic mass is 16.1. The molecule has 0 saturated carbocycles. The van der Waals surface area contributed by atoms with Crippen molar-refractivity contribution in [2.45, 2.75) is 39.0 Å². The molecule has 0 aromatic carbocycles. The fourth-order valence-corrected chi connectivity index (χ4v) is 2.99. The van der Waals surface area contributed by atoms with Gasteiger partial charge < -0.3 is 5.32 Å². The van der Waals surface area contributed by atoms with E-state index >= 15 is 0 Å². The van der Waals surface area contributed by atoms with Gasteiger partial charge in [-0.05, 0) is 51.1 Å². The molecule has 1 saturated heterocycles. The Morgan fingerprint density at radius 1 is 1.40 bits per heavy atom. The fraction of sp³-hybridized carbons (Fsp3) is 0.600. The van der Waals surface area contributed by atoms with E-state index in [1.807, 2.05) is 6.20 Å². The minimum atomic E-state index is -0.00462. The summed E-state index contributed by atoms with van der Waals surface area (Å²) in [5.74, 6) is 0.772. The van der Waals surface area contributed by atoms with Crippen LogP contribution in [0.15, 0.2) is 17.1 Å². The van der Waals surface area contributed by atoms with E-state index in [1.165, 1.54) is 17.4 Å². The third-order valence-corrected chi connectivity index (χ3v) is 4.28. The van der Waals surface area contributed by atoms with E-state index in [-0.39, 0.29) is 5.56 Å². The van der Waals surface area contributed by atoms with Gasteiger partial charge in [0.1, 0.15) is 0 Å². The molecular formula is C15H22N4O. The number of aryl methyl sites for hydroxylation is 2. The molecule has 20 heavy (non-hydrogen) atoms. The number of rotatable bonds is 4. The van der Waals surface area contributed by atoms with Crippen LogP contribution in [-0.4, -0.2) is 27.7 Å². The van der Waals surface area contributed by atoms with Gasteiger partial charge in [-0.3, -0.25) is 9.89 Å². The highest BCUT2D eigenvalue weighted by molar-refractivity contribution is 5.46.